The molecule has 1 aliphatic heterocycles. The molecule has 1 amide bonds. The molecule has 2 aromatic rings. The molecular formula is C27H31F3N2O3. The molecule has 0 unspecified atom stereocenters. The minimum atomic E-state index is -4.47. The molecule has 2 heterocycles. The van der Waals surface area contributed by atoms with Gasteiger partial charge in [-0.2, -0.15) is 13.2 Å². The van der Waals surface area contributed by atoms with E-state index in [2.05, 4.69) is 5.16 Å². The number of benzene rings is 1. The van der Waals surface area contributed by atoms with Gasteiger partial charge < -0.3 is 14.2 Å². The van der Waals surface area contributed by atoms with E-state index in [9.17, 15) is 18.0 Å². The summed E-state index contributed by atoms with van der Waals surface area (Å²) in [4.78, 5) is 14.2. The van der Waals surface area contributed by atoms with Crippen molar-refractivity contribution < 1.29 is 27.2 Å². The minimum Gasteiger partial charge on any atom is -0.444 e. The zero-order valence-electron chi connectivity index (χ0n) is 20.4. The van der Waals surface area contributed by atoms with Crippen molar-refractivity contribution in [3.8, 4) is 11.3 Å². The summed E-state index contributed by atoms with van der Waals surface area (Å²) >= 11 is 0. The van der Waals surface area contributed by atoms with Crippen LogP contribution in [0.5, 0.6) is 0 Å². The fourth-order valence-corrected chi connectivity index (χ4v) is 5.28. The molecule has 5 rings (SSSR count). The summed E-state index contributed by atoms with van der Waals surface area (Å²) in [6.45, 7) is 6.91. The second kappa shape index (κ2) is 8.42. The van der Waals surface area contributed by atoms with Crippen LogP contribution in [0.15, 0.2) is 34.4 Å². The number of halogens is 3. The number of carbonyl (C=O) groups is 1. The molecule has 1 aromatic carbocycles. The number of piperidine rings is 1. The van der Waals surface area contributed by atoms with Gasteiger partial charge in [-0.25, -0.2) is 4.79 Å². The Labute approximate surface area is 203 Å². The lowest BCUT2D eigenvalue weighted by Gasteiger charge is -2.49. The quantitative estimate of drug-likeness (QED) is 0.451. The highest BCUT2D eigenvalue weighted by molar-refractivity contribution is 5.77. The van der Waals surface area contributed by atoms with Gasteiger partial charge in [0.15, 0.2) is 0 Å². The normalized spacial score (nSPS) is 20.1. The molecule has 5 nitrogen and oxygen atoms in total. The van der Waals surface area contributed by atoms with Crippen LogP contribution < -0.4 is 0 Å². The summed E-state index contributed by atoms with van der Waals surface area (Å²) in [5.74, 6) is 0.928. The average Bonchev–Trinajstić information content (AvgIpc) is 3.51. The van der Waals surface area contributed by atoms with E-state index in [0.29, 0.717) is 24.4 Å². The first-order valence-corrected chi connectivity index (χ1v) is 12.3. The molecule has 2 aliphatic carbocycles. The number of hydrogen-bond donors (Lipinski definition) is 0. The van der Waals surface area contributed by atoms with Crippen molar-refractivity contribution in [2.24, 2.45) is 5.41 Å². The van der Waals surface area contributed by atoms with E-state index in [1.54, 1.807) is 11.0 Å². The Bertz CT molecular complexity index is 1140. The summed E-state index contributed by atoms with van der Waals surface area (Å²) in [5, 5.41) is 4.12. The molecule has 1 saturated heterocycles. The lowest BCUT2D eigenvalue weighted by atomic mass is 9.60. The maximum Gasteiger partial charge on any atom is 0.417 e. The molecular weight excluding hydrogens is 457 g/mol. The maximum atomic E-state index is 13.7. The SMILES string of the molecule is CC(C)(C)OC(=O)N1CCC2(CC1)CC(=Cc1c(-c3ccccc3C(F)(F)F)noc1C1CC1)C2. The monoisotopic (exact) mass is 488 g/mol. The van der Waals surface area contributed by atoms with Crippen molar-refractivity contribution >= 4 is 12.2 Å². The summed E-state index contributed by atoms with van der Waals surface area (Å²) in [5.41, 5.74) is 1.15. The van der Waals surface area contributed by atoms with E-state index in [0.717, 1.165) is 44.6 Å². The van der Waals surface area contributed by atoms with Crippen molar-refractivity contribution in [1.82, 2.24) is 10.1 Å². The van der Waals surface area contributed by atoms with Gasteiger partial charge in [0.25, 0.3) is 0 Å². The molecule has 188 valence electrons. The molecule has 3 aliphatic rings. The standard InChI is InChI=1S/C27H31F3N2O3/c1-25(2,3)34-24(33)32-12-10-26(11-13-32)15-17(16-26)14-20-22(31-35-23(20)18-8-9-18)19-6-4-5-7-21(19)27(28,29)30/h4-7,14,18H,8-13,15-16H2,1-3H3. The van der Waals surface area contributed by atoms with Crippen molar-refractivity contribution in [1.29, 1.82) is 0 Å². The van der Waals surface area contributed by atoms with Crippen LogP contribution in [0.4, 0.5) is 18.0 Å². The molecule has 35 heavy (non-hydrogen) atoms. The van der Waals surface area contributed by atoms with Gasteiger partial charge in [0.2, 0.25) is 0 Å². The maximum absolute atomic E-state index is 13.7. The third kappa shape index (κ3) is 4.98. The van der Waals surface area contributed by atoms with E-state index in [-0.39, 0.29) is 28.7 Å². The highest BCUT2D eigenvalue weighted by Gasteiger charge is 2.45. The third-order valence-electron chi connectivity index (χ3n) is 7.22. The van der Waals surface area contributed by atoms with Crippen LogP contribution in [-0.2, 0) is 10.9 Å². The number of ether oxygens (including phenoxy) is 1. The molecule has 0 N–H and O–H groups in total. The number of aromatic nitrogens is 1. The molecule has 8 heteroatoms. The van der Waals surface area contributed by atoms with Gasteiger partial charge in [0.05, 0.1) is 5.56 Å². The third-order valence-corrected chi connectivity index (χ3v) is 7.22. The highest BCUT2D eigenvalue weighted by atomic mass is 19.4. The van der Waals surface area contributed by atoms with E-state index in [1.807, 2.05) is 26.8 Å². The molecule has 1 aromatic heterocycles. The van der Waals surface area contributed by atoms with Gasteiger partial charge in [-0.3, -0.25) is 0 Å². The summed E-state index contributed by atoms with van der Waals surface area (Å²) in [6, 6.07) is 5.55. The van der Waals surface area contributed by atoms with Gasteiger partial charge in [0, 0.05) is 30.1 Å². The van der Waals surface area contributed by atoms with Crippen molar-refractivity contribution in [3.63, 3.8) is 0 Å². The predicted molar refractivity (Wildman–Crippen MR) is 126 cm³/mol. The van der Waals surface area contributed by atoms with E-state index in [4.69, 9.17) is 9.26 Å². The first kappa shape index (κ1) is 23.9. The molecule has 3 fully saturated rings. The van der Waals surface area contributed by atoms with Gasteiger partial charge in [0.1, 0.15) is 17.1 Å². The Balaban J connectivity index is 1.34. The van der Waals surface area contributed by atoms with E-state index >= 15 is 0 Å². The number of carbonyl (C=O) groups excluding carboxylic acids is 1. The topological polar surface area (TPSA) is 55.6 Å². The Hall–Kier alpha value is -2.77. The fraction of sp³-hybridized carbons (Fsp3) is 0.556. The van der Waals surface area contributed by atoms with Crippen molar-refractivity contribution in [2.75, 3.05) is 13.1 Å². The van der Waals surface area contributed by atoms with Crippen LogP contribution in [0, 0.1) is 5.41 Å². The van der Waals surface area contributed by atoms with Gasteiger partial charge in [-0.1, -0.05) is 28.9 Å². The van der Waals surface area contributed by atoms with Gasteiger partial charge in [-0.05, 0) is 76.9 Å². The number of hydrogen-bond acceptors (Lipinski definition) is 4. The number of likely N-dealkylation sites (tertiary alicyclic amines) is 1. The molecule has 0 radical (unpaired) electrons. The molecule has 0 atom stereocenters. The van der Waals surface area contributed by atoms with Crippen LogP contribution in [-0.4, -0.2) is 34.8 Å². The number of amides is 1. The van der Waals surface area contributed by atoms with Gasteiger partial charge >= 0.3 is 12.3 Å². The Morgan fingerprint density at radius 3 is 2.40 bits per heavy atom. The highest BCUT2D eigenvalue weighted by Crippen LogP contribution is 2.54. The van der Waals surface area contributed by atoms with Crippen LogP contribution in [0.2, 0.25) is 0 Å². The fourth-order valence-electron chi connectivity index (χ4n) is 5.28. The second-order valence-corrected chi connectivity index (χ2v) is 11.3. The lowest BCUT2D eigenvalue weighted by Crippen LogP contribution is -2.47. The van der Waals surface area contributed by atoms with Crippen molar-refractivity contribution in [3.05, 3.63) is 46.7 Å². The number of allylic oxidation sites excluding steroid dienone is 1. The lowest BCUT2D eigenvalue weighted by molar-refractivity contribution is -0.137. The second-order valence-electron chi connectivity index (χ2n) is 11.3. The zero-order chi connectivity index (χ0) is 25.0. The number of nitrogens with zero attached hydrogens (tertiary/aromatic N) is 2. The van der Waals surface area contributed by atoms with Crippen LogP contribution >= 0.6 is 0 Å². The number of alkyl halides is 3. The number of rotatable bonds is 3. The first-order chi connectivity index (χ1) is 16.4. The van der Waals surface area contributed by atoms with Crippen LogP contribution in [0.25, 0.3) is 17.3 Å². The summed E-state index contributed by atoms with van der Waals surface area (Å²) < 4.78 is 52.2. The summed E-state index contributed by atoms with van der Waals surface area (Å²) in [6.07, 6.45) is 2.76. The van der Waals surface area contributed by atoms with E-state index < -0.39 is 17.3 Å². The Morgan fingerprint density at radius 1 is 1.14 bits per heavy atom. The average molecular weight is 489 g/mol. The van der Waals surface area contributed by atoms with E-state index in [1.165, 1.54) is 17.7 Å². The van der Waals surface area contributed by atoms with Crippen LogP contribution in [0.1, 0.15) is 82.1 Å². The smallest absolute Gasteiger partial charge is 0.417 e. The Morgan fingerprint density at radius 2 is 1.80 bits per heavy atom. The molecule has 1 spiro atoms. The molecule has 0 bridgehead atoms. The largest absolute Gasteiger partial charge is 0.444 e. The zero-order valence-corrected chi connectivity index (χ0v) is 20.4. The summed E-state index contributed by atoms with van der Waals surface area (Å²) in [7, 11) is 0. The minimum absolute atomic E-state index is 0.0576. The molecule has 2 saturated carbocycles. The first-order valence-electron chi connectivity index (χ1n) is 12.3. The Kier molecular flexibility index (Phi) is 5.76. The van der Waals surface area contributed by atoms with Crippen LogP contribution in [0.3, 0.4) is 0 Å². The van der Waals surface area contributed by atoms with Gasteiger partial charge in [-0.15, -0.1) is 0 Å². The predicted octanol–water partition coefficient (Wildman–Crippen LogP) is 7.43. The van der Waals surface area contributed by atoms with Crippen molar-refractivity contribution in [2.45, 2.75) is 77.0 Å².